The van der Waals surface area contributed by atoms with Crippen LogP contribution in [0.5, 0.6) is 5.75 Å². The Morgan fingerprint density at radius 2 is 1.03 bits per heavy atom. The zero-order chi connectivity index (χ0) is 21.6. The molecule has 4 rings (SSSR count). The summed E-state index contributed by atoms with van der Waals surface area (Å²) in [7, 11) is 0.628. The molecule has 0 aromatic heterocycles. The molecule has 151 valence electrons. The molecule has 4 aromatic carbocycles. The quantitative estimate of drug-likeness (QED) is 0.212. The Kier molecular flexibility index (Phi) is 11.4. The Labute approximate surface area is 201 Å². The topological polar surface area (TPSA) is 29.5 Å². The highest BCUT2D eigenvalue weighted by atomic mass is 127. The van der Waals surface area contributed by atoms with E-state index in [1.165, 1.54) is 14.7 Å². The molecule has 4 aromatic rings. The summed E-state index contributed by atoms with van der Waals surface area (Å²) in [4.78, 5) is 0. The number of rotatable bonds is 3. The van der Waals surface area contributed by atoms with Gasteiger partial charge in [-0.2, -0.15) is 0 Å². The third kappa shape index (κ3) is 9.68. The first-order valence-electron chi connectivity index (χ1n) is 8.98. The second-order valence-corrected chi connectivity index (χ2v) is 7.96. The van der Waals surface area contributed by atoms with Crippen LogP contribution in [0.3, 0.4) is 0 Å². The molecule has 0 bridgehead atoms. The monoisotopic (exact) mass is 547 g/mol. The number of benzene rings is 4. The van der Waals surface area contributed by atoms with E-state index in [0.717, 1.165) is 5.02 Å². The molecular formula is C24H19BCl2IO2. The molecule has 1 N–H and O–H groups in total. The molecule has 30 heavy (non-hydrogen) atoms. The Bertz CT molecular complexity index is 967. The molecule has 0 aliphatic carbocycles. The molecular weight excluding hydrogens is 529 g/mol. The van der Waals surface area contributed by atoms with Crippen LogP contribution in [0.15, 0.2) is 109 Å². The van der Waals surface area contributed by atoms with Gasteiger partial charge in [-0.3, -0.25) is 0 Å². The average Bonchev–Trinajstić information content (AvgIpc) is 2.78. The van der Waals surface area contributed by atoms with Crippen LogP contribution < -0.4 is 4.65 Å². The lowest BCUT2D eigenvalue weighted by Crippen LogP contribution is -1.98. The Morgan fingerprint density at radius 1 is 0.600 bits per heavy atom. The highest BCUT2D eigenvalue weighted by molar-refractivity contribution is 14.1. The molecule has 0 aliphatic heterocycles. The zero-order valence-electron chi connectivity index (χ0n) is 16.0. The van der Waals surface area contributed by atoms with Crippen molar-refractivity contribution in [3.05, 3.63) is 123 Å². The summed E-state index contributed by atoms with van der Waals surface area (Å²) in [5, 5.41) is 9.63. The zero-order valence-corrected chi connectivity index (χ0v) is 19.6. The average molecular weight is 548 g/mol. The third-order valence-electron chi connectivity index (χ3n) is 3.69. The lowest BCUT2D eigenvalue weighted by molar-refractivity contribution is 0.454. The predicted octanol–water partition coefficient (Wildman–Crippen LogP) is 7.54. The lowest BCUT2D eigenvalue weighted by Gasteiger charge is -2.00. The van der Waals surface area contributed by atoms with E-state index < -0.39 is 0 Å². The molecule has 0 spiro atoms. The standard InChI is InChI=1S/C12H9Cl.C6H5BClO2.C6H5I/c13-12-8-6-11(7-9-12)10-4-2-1-3-5-10;8-5-1-3-6(4-2-5)10-7-9;7-6-4-2-1-3-5-6/h1-9H;1-4,9H;1-5H. The van der Waals surface area contributed by atoms with Gasteiger partial charge >= 0.3 is 7.69 Å². The third-order valence-corrected chi connectivity index (χ3v) is 4.91. The van der Waals surface area contributed by atoms with Gasteiger partial charge in [0.2, 0.25) is 0 Å². The van der Waals surface area contributed by atoms with Gasteiger partial charge in [0.25, 0.3) is 0 Å². The molecule has 0 aliphatic rings. The molecule has 1 radical (unpaired) electrons. The van der Waals surface area contributed by atoms with Crippen LogP contribution in [0, 0.1) is 3.57 Å². The number of halogens is 3. The summed E-state index contributed by atoms with van der Waals surface area (Å²) in [6, 6.07) is 35.0. The fraction of sp³-hybridized carbons (Fsp3) is 0. The van der Waals surface area contributed by atoms with Crippen molar-refractivity contribution in [3.8, 4) is 16.9 Å². The summed E-state index contributed by atoms with van der Waals surface area (Å²) in [6.07, 6.45) is 0. The van der Waals surface area contributed by atoms with Crippen molar-refractivity contribution in [1.82, 2.24) is 0 Å². The van der Waals surface area contributed by atoms with Gasteiger partial charge in [0.1, 0.15) is 5.75 Å². The molecule has 6 heteroatoms. The van der Waals surface area contributed by atoms with Gasteiger partial charge in [0.05, 0.1) is 0 Å². The van der Waals surface area contributed by atoms with E-state index in [9.17, 15) is 0 Å². The smallest absolute Gasteiger partial charge is 0.537 e. The molecule has 0 atom stereocenters. The van der Waals surface area contributed by atoms with E-state index in [1.807, 2.05) is 60.7 Å². The van der Waals surface area contributed by atoms with E-state index in [0.29, 0.717) is 18.5 Å². The first kappa shape index (κ1) is 24.3. The Morgan fingerprint density at radius 3 is 1.47 bits per heavy atom. The van der Waals surface area contributed by atoms with Crippen molar-refractivity contribution >= 4 is 53.5 Å². The summed E-state index contributed by atoms with van der Waals surface area (Å²) in [6.45, 7) is 0. The fourth-order valence-corrected chi connectivity index (χ4v) is 2.93. The normalized spacial score (nSPS) is 9.33. The van der Waals surface area contributed by atoms with Crippen LogP contribution in [0.4, 0.5) is 0 Å². The van der Waals surface area contributed by atoms with Crippen molar-refractivity contribution in [2.75, 3.05) is 0 Å². The van der Waals surface area contributed by atoms with E-state index in [4.69, 9.17) is 28.2 Å². The predicted molar refractivity (Wildman–Crippen MR) is 136 cm³/mol. The van der Waals surface area contributed by atoms with E-state index in [1.54, 1.807) is 24.3 Å². The fourth-order valence-electron chi connectivity index (χ4n) is 2.26. The van der Waals surface area contributed by atoms with Crippen molar-refractivity contribution in [1.29, 1.82) is 0 Å². The summed E-state index contributed by atoms with van der Waals surface area (Å²) in [5.74, 6) is 0.562. The van der Waals surface area contributed by atoms with Crippen molar-refractivity contribution in [2.45, 2.75) is 0 Å². The molecule has 0 saturated carbocycles. The van der Waals surface area contributed by atoms with Crippen LogP contribution in [-0.2, 0) is 0 Å². The van der Waals surface area contributed by atoms with Gasteiger partial charge in [0.15, 0.2) is 0 Å². The maximum atomic E-state index is 8.21. The minimum atomic E-state index is 0.562. The van der Waals surface area contributed by atoms with Gasteiger partial charge in [-0.15, -0.1) is 0 Å². The summed E-state index contributed by atoms with van der Waals surface area (Å²) >= 11 is 13.7. The molecule has 0 amide bonds. The molecule has 0 saturated heterocycles. The lowest BCUT2D eigenvalue weighted by atomic mass is 10.1. The largest absolute Gasteiger partial charge is 0.569 e. The van der Waals surface area contributed by atoms with Crippen LogP contribution in [-0.4, -0.2) is 12.7 Å². The van der Waals surface area contributed by atoms with Crippen LogP contribution in [0.2, 0.25) is 10.0 Å². The second kappa shape index (κ2) is 14.1. The molecule has 2 nitrogen and oxygen atoms in total. The van der Waals surface area contributed by atoms with Gasteiger partial charge in [-0.05, 0) is 82.2 Å². The van der Waals surface area contributed by atoms with Crippen molar-refractivity contribution < 1.29 is 9.68 Å². The first-order chi connectivity index (χ1) is 14.6. The molecule has 0 unspecified atom stereocenters. The van der Waals surface area contributed by atoms with Gasteiger partial charge in [-0.25, -0.2) is 0 Å². The Hall–Kier alpha value is -1.99. The highest BCUT2D eigenvalue weighted by Crippen LogP contribution is 2.20. The van der Waals surface area contributed by atoms with Gasteiger partial charge in [-0.1, -0.05) is 83.9 Å². The summed E-state index contributed by atoms with van der Waals surface area (Å²) < 4.78 is 5.92. The van der Waals surface area contributed by atoms with Gasteiger partial charge < -0.3 is 9.68 Å². The van der Waals surface area contributed by atoms with Crippen molar-refractivity contribution in [3.63, 3.8) is 0 Å². The second-order valence-electron chi connectivity index (χ2n) is 5.85. The molecule has 0 fully saturated rings. The number of hydrogen-bond acceptors (Lipinski definition) is 2. The van der Waals surface area contributed by atoms with Gasteiger partial charge in [0, 0.05) is 13.6 Å². The maximum absolute atomic E-state index is 8.21. The van der Waals surface area contributed by atoms with E-state index >= 15 is 0 Å². The first-order valence-corrected chi connectivity index (χ1v) is 10.8. The minimum Gasteiger partial charge on any atom is -0.537 e. The molecule has 0 heterocycles. The van der Waals surface area contributed by atoms with E-state index in [-0.39, 0.29) is 0 Å². The number of hydrogen-bond donors (Lipinski definition) is 1. The van der Waals surface area contributed by atoms with E-state index in [2.05, 4.69) is 51.5 Å². The highest BCUT2D eigenvalue weighted by Gasteiger charge is 1.94. The minimum absolute atomic E-state index is 0.562. The van der Waals surface area contributed by atoms with Crippen LogP contribution >= 0.6 is 45.8 Å². The van der Waals surface area contributed by atoms with Crippen molar-refractivity contribution in [2.24, 2.45) is 0 Å². The van der Waals surface area contributed by atoms with Crippen LogP contribution in [0.1, 0.15) is 0 Å². The SMILES string of the molecule is Clc1ccc(-c2ccccc2)cc1.Ic1ccccc1.O[B]Oc1ccc(Cl)cc1. The Balaban J connectivity index is 0.000000168. The summed E-state index contributed by atoms with van der Waals surface area (Å²) in [5.41, 5.74) is 2.42. The maximum Gasteiger partial charge on any atom is 0.569 e. The van der Waals surface area contributed by atoms with Crippen LogP contribution in [0.25, 0.3) is 11.1 Å².